The zero-order valence-corrected chi connectivity index (χ0v) is 24.3. The summed E-state index contributed by atoms with van der Waals surface area (Å²) in [6.07, 6.45) is 2.60. The van der Waals surface area contributed by atoms with Crippen LogP contribution in [0.2, 0.25) is 0 Å². The molecule has 0 amide bonds. The van der Waals surface area contributed by atoms with Crippen LogP contribution in [0.25, 0.3) is 0 Å². The van der Waals surface area contributed by atoms with Crippen molar-refractivity contribution in [2.24, 2.45) is 5.10 Å². The van der Waals surface area contributed by atoms with Gasteiger partial charge in [-0.1, -0.05) is 37.6 Å². The highest BCUT2D eigenvalue weighted by Crippen LogP contribution is 2.37. The minimum Gasteiger partial charge on any atom is -0.497 e. The van der Waals surface area contributed by atoms with Crippen LogP contribution in [0.4, 0.5) is 11.4 Å². The number of anilines is 2. The van der Waals surface area contributed by atoms with Gasteiger partial charge in [0.2, 0.25) is 0 Å². The maximum atomic E-state index is 12.9. The minimum absolute atomic E-state index is 0.0599. The summed E-state index contributed by atoms with van der Waals surface area (Å²) in [6, 6.07) is 23.0. The van der Waals surface area contributed by atoms with E-state index in [1.165, 1.54) is 0 Å². The number of hydrogen-bond acceptors (Lipinski definition) is 7. The SMILES string of the molecule is CCCCNC(=S)NS(=O)(=O)c1ccc(N2N=C(c3ccc(N(C)C)cc3)CC2c2ccc(OC)cc2)cc1. The molecule has 0 aromatic heterocycles. The molecule has 0 radical (unpaired) electrons. The van der Waals surface area contributed by atoms with E-state index in [1.807, 2.05) is 43.4 Å². The summed E-state index contributed by atoms with van der Waals surface area (Å²) in [5.41, 5.74) is 5.00. The number of methoxy groups -OCH3 is 1. The Labute approximate surface area is 236 Å². The molecule has 206 valence electrons. The number of rotatable bonds is 10. The molecule has 1 unspecified atom stereocenters. The molecular formula is C29H35N5O3S2. The number of nitrogens with one attached hydrogen (secondary N) is 2. The molecule has 0 saturated carbocycles. The molecule has 0 fully saturated rings. The summed E-state index contributed by atoms with van der Waals surface area (Å²) >= 11 is 5.16. The van der Waals surface area contributed by atoms with Crippen LogP contribution in [0.1, 0.15) is 43.4 Å². The van der Waals surface area contributed by atoms with E-state index < -0.39 is 10.0 Å². The van der Waals surface area contributed by atoms with Gasteiger partial charge in [0.25, 0.3) is 10.0 Å². The van der Waals surface area contributed by atoms with Crippen molar-refractivity contribution >= 4 is 44.4 Å². The van der Waals surface area contributed by atoms with Crippen LogP contribution < -0.4 is 24.7 Å². The van der Waals surface area contributed by atoms with Gasteiger partial charge in [0.05, 0.1) is 29.4 Å². The average Bonchev–Trinajstić information content (AvgIpc) is 3.39. The molecule has 1 atom stereocenters. The Morgan fingerprint density at radius 2 is 1.72 bits per heavy atom. The number of hydrazone groups is 1. The zero-order chi connectivity index (χ0) is 28.0. The summed E-state index contributed by atoms with van der Waals surface area (Å²) in [6.45, 7) is 2.68. The largest absolute Gasteiger partial charge is 0.497 e. The number of nitrogens with zero attached hydrogens (tertiary/aromatic N) is 3. The number of hydrogen-bond donors (Lipinski definition) is 2. The predicted molar refractivity (Wildman–Crippen MR) is 162 cm³/mol. The molecule has 39 heavy (non-hydrogen) atoms. The highest BCUT2D eigenvalue weighted by molar-refractivity contribution is 7.91. The standard InChI is InChI=1S/C29H35N5O3S2/c1-5-6-19-30-29(38)32-39(35,36)26-17-13-24(14-18-26)34-28(22-9-15-25(37-4)16-10-22)20-27(31-34)21-7-11-23(12-8-21)33(2)3/h7-18,28H,5-6,19-20H2,1-4H3,(H2,30,32,38). The smallest absolute Gasteiger partial charge is 0.263 e. The molecule has 4 rings (SSSR count). The fraction of sp³-hybridized carbons (Fsp3) is 0.310. The van der Waals surface area contributed by atoms with Crippen LogP contribution in [0.15, 0.2) is 82.8 Å². The van der Waals surface area contributed by atoms with Crippen molar-refractivity contribution in [1.29, 1.82) is 0 Å². The van der Waals surface area contributed by atoms with Gasteiger partial charge in [-0.2, -0.15) is 5.10 Å². The topological polar surface area (TPSA) is 86.3 Å². The van der Waals surface area contributed by atoms with Gasteiger partial charge in [-0.25, -0.2) is 8.42 Å². The summed E-state index contributed by atoms with van der Waals surface area (Å²) in [4.78, 5) is 2.19. The van der Waals surface area contributed by atoms with E-state index in [1.54, 1.807) is 31.4 Å². The lowest BCUT2D eigenvalue weighted by Gasteiger charge is -2.24. The Morgan fingerprint density at radius 1 is 1.05 bits per heavy atom. The van der Waals surface area contributed by atoms with E-state index in [2.05, 4.69) is 46.1 Å². The lowest BCUT2D eigenvalue weighted by molar-refractivity contribution is 0.414. The van der Waals surface area contributed by atoms with Gasteiger partial charge in [-0.05, 0) is 78.3 Å². The van der Waals surface area contributed by atoms with Crippen molar-refractivity contribution in [2.45, 2.75) is 37.1 Å². The van der Waals surface area contributed by atoms with Crippen molar-refractivity contribution in [3.63, 3.8) is 0 Å². The Bertz CT molecular complexity index is 1400. The molecular weight excluding hydrogens is 530 g/mol. The van der Waals surface area contributed by atoms with Gasteiger partial charge < -0.3 is 15.0 Å². The molecule has 0 bridgehead atoms. The van der Waals surface area contributed by atoms with Gasteiger partial charge in [-0.15, -0.1) is 0 Å². The van der Waals surface area contributed by atoms with Crippen molar-refractivity contribution in [3.8, 4) is 5.75 Å². The number of ether oxygens (including phenoxy) is 1. The number of thiocarbonyl (C=S) groups is 1. The van der Waals surface area contributed by atoms with Crippen LogP contribution in [0.3, 0.4) is 0 Å². The van der Waals surface area contributed by atoms with Gasteiger partial charge in [0.15, 0.2) is 5.11 Å². The molecule has 0 saturated heterocycles. The third kappa shape index (κ3) is 6.88. The highest BCUT2D eigenvalue weighted by atomic mass is 32.2. The average molecular weight is 566 g/mol. The van der Waals surface area contributed by atoms with E-state index in [9.17, 15) is 8.42 Å². The third-order valence-electron chi connectivity index (χ3n) is 6.58. The molecule has 3 aromatic rings. The molecule has 0 aliphatic carbocycles. The maximum Gasteiger partial charge on any atom is 0.263 e. The summed E-state index contributed by atoms with van der Waals surface area (Å²) in [5.74, 6) is 0.785. The van der Waals surface area contributed by atoms with Gasteiger partial charge >= 0.3 is 0 Å². The maximum absolute atomic E-state index is 12.9. The summed E-state index contributed by atoms with van der Waals surface area (Å²) in [7, 11) is 1.87. The first-order valence-electron chi connectivity index (χ1n) is 12.9. The highest BCUT2D eigenvalue weighted by Gasteiger charge is 2.30. The number of benzene rings is 3. The Kier molecular flexibility index (Phi) is 9.08. The first-order chi connectivity index (χ1) is 18.7. The Morgan fingerprint density at radius 3 is 2.31 bits per heavy atom. The molecule has 2 N–H and O–H groups in total. The quantitative estimate of drug-likeness (QED) is 0.262. The third-order valence-corrected chi connectivity index (χ3v) is 8.32. The van der Waals surface area contributed by atoms with Crippen LogP contribution >= 0.6 is 12.2 Å². The van der Waals surface area contributed by atoms with Crippen LogP contribution in [-0.4, -0.2) is 47.0 Å². The van der Waals surface area contributed by atoms with E-state index >= 15 is 0 Å². The summed E-state index contributed by atoms with van der Waals surface area (Å²) < 4.78 is 33.5. The van der Waals surface area contributed by atoms with Crippen molar-refractivity contribution in [3.05, 3.63) is 83.9 Å². The monoisotopic (exact) mass is 565 g/mol. The molecule has 1 aliphatic heterocycles. The zero-order valence-electron chi connectivity index (χ0n) is 22.7. The van der Waals surface area contributed by atoms with Gasteiger partial charge in [-0.3, -0.25) is 9.73 Å². The molecule has 1 heterocycles. The van der Waals surface area contributed by atoms with E-state index in [0.29, 0.717) is 13.0 Å². The minimum atomic E-state index is -3.80. The predicted octanol–water partition coefficient (Wildman–Crippen LogP) is 5.07. The van der Waals surface area contributed by atoms with E-state index in [-0.39, 0.29) is 16.0 Å². The van der Waals surface area contributed by atoms with Crippen LogP contribution in [-0.2, 0) is 10.0 Å². The second kappa shape index (κ2) is 12.5. The van der Waals surface area contributed by atoms with Gasteiger partial charge in [0.1, 0.15) is 5.75 Å². The number of sulfonamides is 1. The molecule has 1 aliphatic rings. The van der Waals surface area contributed by atoms with E-state index in [4.69, 9.17) is 22.1 Å². The molecule has 10 heteroatoms. The fourth-order valence-electron chi connectivity index (χ4n) is 4.33. The first kappa shape index (κ1) is 28.4. The van der Waals surface area contributed by atoms with Crippen molar-refractivity contribution in [2.75, 3.05) is 37.7 Å². The van der Waals surface area contributed by atoms with Crippen molar-refractivity contribution < 1.29 is 13.2 Å². The fourth-order valence-corrected chi connectivity index (χ4v) is 5.69. The second-order valence-corrected chi connectivity index (χ2v) is 11.6. The normalized spacial score (nSPS) is 15.0. The Balaban J connectivity index is 1.61. The molecule has 0 spiro atoms. The molecule has 8 nitrogen and oxygen atoms in total. The van der Waals surface area contributed by atoms with Gasteiger partial charge in [0, 0.05) is 32.7 Å². The lowest BCUT2D eigenvalue weighted by atomic mass is 9.98. The van der Waals surface area contributed by atoms with Crippen LogP contribution in [0, 0.1) is 0 Å². The van der Waals surface area contributed by atoms with Crippen LogP contribution in [0.5, 0.6) is 5.75 Å². The first-order valence-corrected chi connectivity index (χ1v) is 14.8. The second-order valence-electron chi connectivity index (χ2n) is 9.53. The van der Waals surface area contributed by atoms with E-state index in [0.717, 1.165) is 46.8 Å². The molecule has 3 aromatic carbocycles. The van der Waals surface area contributed by atoms with Crippen molar-refractivity contribution in [1.82, 2.24) is 10.0 Å². The number of unbranched alkanes of at least 4 members (excludes halogenated alkanes) is 1. The summed E-state index contributed by atoms with van der Waals surface area (Å²) in [5, 5.41) is 9.98. The Hall–Kier alpha value is -3.63. The lowest BCUT2D eigenvalue weighted by Crippen LogP contribution is -2.39.